The second kappa shape index (κ2) is 10.5. The number of hydrogen-bond donors (Lipinski definition) is 2. The topological polar surface area (TPSA) is 41.1 Å². The van der Waals surface area contributed by atoms with Crippen molar-refractivity contribution in [2.24, 2.45) is 5.92 Å². The molecule has 0 aliphatic carbocycles. The molecule has 0 spiro atoms. The number of rotatable bonds is 5. The van der Waals surface area contributed by atoms with Crippen LogP contribution in [0.4, 0.5) is 0 Å². The Morgan fingerprint density at radius 1 is 1.17 bits per heavy atom. The van der Waals surface area contributed by atoms with Gasteiger partial charge in [-0.15, -0.1) is 0 Å². The molecule has 1 fully saturated rings. The van der Waals surface area contributed by atoms with Crippen LogP contribution in [0, 0.1) is 5.92 Å². The van der Waals surface area contributed by atoms with Crippen molar-refractivity contribution in [3.8, 4) is 0 Å². The molecule has 0 amide bonds. The van der Waals surface area contributed by atoms with Crippen LogP contribution >= 0.6 is 0 Å². The summed E-state index contributed by atoms with van der Waals surface area (Å²) in [5, 5.41) is 6.70. The average molecular weight is 256 g/mol. The first-order chi connectivity index (χ1) is 8.51. The van der Waals surface area contributed by atoms with E-state index in [9.17, 15) is 4.79 Å². The second-order valence-corrected chi connectivity index (χ2v) is 5.42. The minimum atomic E-state index is 0.353. The molecule has 2 atom stereocenters. The predicted octanol–water partition coefficient (Wildman–Crippen LogP) is 2.75. The second-order valence-electron chi connectivity index (χ2n) is 5.42. The fraction of sp³-hybridized carbons (Fsp3) is 0.933. The van der Waals surface area contributed by atoms with Gasteiger partial charge in [0.1, 0.15) is 5.78 Å². The molecule has 1 saturated heterocycles. The molecule has 1 aliphatic rings. The van der Waals surface area contributed by atoms with Crippen LogP contribution in [0.3, 0.4) is 0 Å². The van der Waals surface area contributed by atoms with Crippen molar-refractivity contribution in [2.75, 3.05) is 13.1 Å². The van der Waals surface area contributed by atoms with E-state index in [0.29, 0.717) is 23.8 Å². The van der Waals surface area contributed by atoms with Crippen molar-refractivity contribution in [2.45, 2.75) is 72.4 Å². The standard InChI is InChI=1S/C8H19N.C7H13NO/c1-5-7(3)9-8(4)6-2;1-6(9)7-2-4-8-5-3-7/h7-9H,5-6H2,1-4H3;7-8H,2-5H2,1H3. The van der Waals surface area contributed by atoms with Gasteiger partial charge in [0.05, 0.1) is 0 Å². The molecule has 2 N–H and O–H groups in total. The number of carbonyl (C=O) groups is 1. The van der Waals surface area contributed by atoms with E-state index in [0.717, 1.165) is 25.9 Å². The first kappa shape index (κ1) is 17.6. The molecular formula is C15H32N2O. The zero-order valence-electron chi connectivity index (χ0n) is 12.9. The molecule has 0 bridgehead atoms. The quantitative estimate of drug-likeness (QED) is 0.794. The first-order valence-corrected chi connectivity index (χ1v) is 7.48. The Morgan fingerprint density at radius 3 is 1.89 bits per heavy atom. The summed E-state index contributed by atoms with van der Waals surface area (Å²) in [4.78, 5) is 10.8. The van der Waals surface area contributed by atoms with Crippen LogP contribution in [0.1, 0.15) is 60.3 Å². The molecular weight excluding hydrogens is 224 g/mol. The molecule has 0 aromatic carbocycles. The largest absolute Gasteiger partial charge is 0.317 e. The third kappa shape index (κ3) is 8.65. The van der Waals surface area contributed by atoms with E-state index in [1.165, 1.54) is 12.8 Å². The summed E-state index contributed by atoms with van der Waals surface area (Å²) in [6.45, 7) is 12.6. The summed E-state index contributed by atoms with van der Waals surface area (Å²) in [5.74, 6) is 0.711. The molecule has 1 heterocycles. The van der Waals surface area contributed by atoms with Gasteiger partial charge in [-0.3, -0.25) is 4.79 Å². The van der Waals surface area contributed by atoms with Gasteiger partial charge in [0.25, 0.3) is 0 Å². The smallest absolute Gasteiger partial charge is 0.133 e. The van der Waals surface area contributed by atoms with Crippen LogP contribution in [0.15, 0.2) is 0 Å². The highest BCUT2D eigenvalue weighted by Crippen LogP contribution is 2.11. The van der Waals surface area contributed by atoms with Crippen LogP contribution in [0.25, 0.3) is 0 Å². The van der Waals surface area contributed by atoms with Gasteiger partial charge >= 0.3 is 0 Å². The molecule has 3 heteroatoms. The molecule has 3 nitrogen and oxygen atoms in total. The SMILES string of the molecule is CC(=O)C1CCNCC1.CCC(C)NC(C)CC. The van der Waals surface area contributed by atoms with Crippen LogP contribution in [-0.2, 0) is 4.79 Å². The monoisotopic (exact) mass is 256 g/mol. The van der Waals surface area contributed by atoms with Gasteiger partial charge < -0.3 is 10.6 Å². The molecule has 108 valence electrons. The Kier molecular flexibility index (Phi) is 10.3. The lowest BCUT2D eigenvalue weighted by atomic mass is 9.95. The van der Waals surface area contributed by atoms with E-state index in [2.05, 4.69) is 38.3 Å². The van der Waals surface area contributed by atoms with Gasteiger partial charge in [0, 0.05) is 18.0 Å². The summed E-state index contributed by atoms with van der Waals surface area (Å²) in [5.41, 5.74) is 0. The summed E-state index contributed by atoms with van der Waals surface area (Å²) in [6, 6.07) is 1.36. The Balaban J connectivity index is 0.000000321. The maximum Gasteiger partial charge on any atom is 0.133 e. The number of carbonyl (C=O) groups excluding carboxylic acids is 1. The highest BCUT2D eigenvalue weighted by atomic mass is 16.1. The molecule has 0 aromatic rings. The molecule has 2 unspecified atom stereocenters. The minimum Gasteiger partial charge on any atom is -0.317 e. The summed E-state index contributed by atoms with van der Waals surface area (Å²) >= 11 is 0. The maximum atomic E-state index is 10.8. The molecule has 1 aliphatic heterocycles. The van der Waals surface area contributed by atoms with Gasteiger partial charge in [0.2, 0.25) is 0 Å². The van der Waals surface area contributed by atoms with Crippen molar-refractivity contribution >= 4 is 5.78 Å². The van der Waals surface area contributed by atoms with E-state index < -0.39 is 0 Å². The molecule has 1 rings (SSSR count). The number of Topliss-reactive ketones (excluding diaryl/α,β-unsaturated/α-hetero) is 1. The summed E-state index contributed by atoms with van der Waals surface area (Å²) < 4.78 is 0. The highest BCUT2D eigenvalue weighted by molar-refractivity contribution is 5.78. The third-order valence-corrected chi connectivity index (χ3v) is 3.71. The van der Waals surface area contributed by atoms with Gasteiger partial charge in [-0.1, -0.05) is 13.8 Å². The minimum absolute atomic E-state index is 0.353. The first-order valence-electron chi connectivity index (χ1n) is 7.48. The Bertz CT molecular complexity index is 205. The fourth-order valence-corrected chi connectivity index (χ4v) is 1.95. The number of hydrogen-bond acceptors (Lipinski definition) is 3. The van der Waals surface area contributed by atoms with Crippen LogP contribution in [-0.4, -0.2) is 31.0 Å². The van der Waals surface area contributed by atoms with E-state index in [1.807, 2.05) is 0 Å². The average Bonchev–Trinajstić information content (AvgIpc) is 2.40. The number of piperidine rings is 1. The van der Waals surface area contributed by atoms with Crippen molar-refractivity contribution in [1.82, 2.24) is 10.6 Å². The Labute approximate surface area is 113 Å². The van der Waals surface area contributed by atoms with E-state index in [-0.39, 0.29) is 0 Å². The normalized spacial score (nSPS) is 19.6. The van der Waals surface area contributed by atoms with E-state index in [4.69, 9.17) is 0 Å². The number of ketones is 1. The van der Waals surface area contributed by atoms with Gasteiger partial charge in [-0.05, 0) is 59.5 Å². The predicted molar refractivity (Wildman–Crippen MR) is 78.9 cm³/mol. The van der Waals surface area contributed by atoms with Crippen LogP contribution < -0.4 is 10.6 Å². The van der Waals surface area contributed by atoms with Crippen LogP contribution in [0.5, 0.6) is 0 Å². The lowest BCUT2D eigenvalue weighted by molar-refractivity contribution is -0.121. The van der Waals surface area contributed by atoms with Gasteiger partial charge in [0.15, 0.2) is 0 Å². The van der Waals surface area contributed by atoms with Crippen LogP contribution in [0.2, 0.25) is 0 Å². The lowest BCUT2D eigenvalue weighted by Gasteiger charge is -2.19. The fourth-order valence-electron chi connectivity index (χ4n) is 1.95. The zero-order chi connectivity index (χ0) is 14.0. The highest BCUT2D eigenvalue weighted by Gasteiger charge is 2.16. The maximum absolute atomic E-state index is 10.8. The Morgan fingerprint density at radius 2 is 1.61 bits per heavy atom. The van der Waals surface area contributed by atoms with E-state index in [1.54, 1.807) is 6.92 Å². The zero-order valence-corrected chi connectivity index (χ0v) is 12.9. The van der Waals surface area contributed by atoms with Crippen molar-refractivity contribution in [1.29, 1.82) is 0 Å². The van der Waals surface area contributed by atoms with Crippen molar-refractivity contribution < 1.29 is 4.79 Å². The lowest BCUT2D eigenvalue weighted by Crippen LogP contribution is -2.33. The van der Waals surface area contributed by atoms with E-state index >= 15 is 0 Å². The Hall–Kier alpha value is -0.410. The molecule has 18 heavy (non-hydrogen) atoms. The third-order valence-electron chi connectivity index (χ3n) is 3.71. The number of nitrogens with one attached hydrogen (secondary N) is 2. The van der Waals surface area contributed by atoms with Crippen molar-refractivity contribution in [3.63, 3.8) is 0 Å². The van der Waals surface area contributed by atoms with Gasteiger partial charge in [-0.25, -0.2) is 0 Å². The summed E-state index contributed by atoms with van der Waals surface area (Å²) in [7, 11) is 0. The summed E-state index contributed by atoms with van der Waals surface area (Å²) in [6.07, 6.45) is 4.53. The molecule has 0 saturated carbocycles. The molecule has 0 aromatic heterocycles. The van der Waals surface area contributed by atoms with Gasteiger partial charge in [-0.2, -0.15) is 0 Å². The molecule has 0 radical (unpaired) electrons. The van der Waals surface area contributed by atoms with Crippen molar-refractivity contribution in [3.05, 3.63) is 0 Å².